The van der Waals surface area contributed by atoms with Gasteiger partial charge < -0.3 is 15.2 Å². The molecule has 2 N–H and O–H groups in total. The zero-order valence-electron chi connectivity index (χ0n) is 8.27. The first-order valence-electron chi connectivity index (χ1n) is 4.50. The number of rotatable bonds is 4. The molecule has 0 heterocycles. The molecule has 0 fully saturated rings. The van der Waals surface area contributed by atoms with Crippen LogP contribution in [0.4, 0.5) is 4.79 Å². The summed E-state index contributed by atoms with van der Waals surface area (Å²) in [5.74, 6) is -0.105. The third kappa shape index (κ3) is 4.71. The van der Waals surface area contributed by atoms with Crippen molar-refractivity contribution in [3.8, 4) is 0 Å². The number of alkyl carbamates (subject to hydrolysis) is 1. The molecule has 0 aliphatic heterocycles. The number of carbonyl (C=O) groups excluding carboxylic acids is 1. The van der Waals surface area contributed by atoms with Crippen molar-refractivity contribution in [3.05, 3.63) is 48.2 Å². The van der Waals surface area contributed by atoms with Gasteiger partial charge in [0.05, 0.1) is 6.54 Å². The van der Waals surface area contributed by atoms with Crippen LogP contribution in [0.25, 0.3) is 0 Å². The van der Waals surface area contributed by atoms with Crippen molar-refractivity contribution in [2.24, 2.45) is 0 Å². The summed E-state index contributed by atoms with van der Waals surface area (Å²) in [7, 11) is 0. The van der Waals surface area contributed by atoms with Gasteiger partial charge in [-0.05, 0) is 5.56 Å². The number of amides is 1. The summed E-state index contributed by atoms with van der Waals surface area (Å²) in [6.07, 6.45) is -0.575. The van der Waals surface area contributed by atoms with Gasteiger partial charge in [-0.25, -0.2) is 4.79 Å². The largest absolute Gasteiger partial charge is 0.511 e. The van der Waals surface area contributed by atoms with Gasteiger partial charge in [0.25, 0.3) is 0 Å². The molecule has 1 aromatic carbocycles. The van der Waals surface area contributed by atoms with E-state index < -0.39 is 6.09 Å². The van der Waals surface area contributed by atoms with Crippen LogP contribution in [0, 0.1) is 0 Å². The summed E-state index contributed by atoms with van der Waals surface area (Å²) in [5, 5.41) is 11.1. The first-order chi connectivity index (χ1) is 7.18. The summed E-state index contributed by atoms with van der Waals surface area (Å²) in [6.45, 7) is 3.45. The van der Waals surface area contributed by atoms with E-state index in [1.54, 1.807) is 0 Å². The van der Waals surface area contributed by atoms with Crippen molar-refractivity contribution in [1.29, 1.82) is 0 Å². The molecule has 1 rings (SSSR count). The molecule has 80 valence electrons. The molecule has 4 heteroatoms. The summed E-state index contributed by atoms with van der Waals surface area (Å²) >= 11 is 0. The number of hydrogen-bond donors (Lipinski definition) is 2. The Morgan fingerprint density at radius 2 is 2.07 bits per heavy atom. The van der Waals surface area contributed by atoms with Crippen LogP contribution >= 0.6 is 0 Å². The standard InChI is InChI=1S/C11H13NO3/c1-9(13)7-12-11(14)15-8-10-5-3-2-4-6-10/h2-6,13H,1,7-8H2,(H,12,14). The Labute approximate surface area is 88.2 Å². The molecule has 0 radical (unpaired) electrons. The number of hydrogen-bond acceptors (Lipinski definition) is 3. The lowest BCUT2D eigenvalue weighted by Gasteiger charge is -2.05. The molecule has 0 saturated carbocycles. The molecular formula is C11H13NO3. The minimum atomic E-state index is -0.575. The third-order valence-corrected chi connectivity index (χ3v) is 1.65. The first-order valence-corrected chi connectivity index (χ1v) is 4.50. The predicted octanol–water partition coefficient (Wildman–Crippen LogP) is 1.98. The van der Waals surface area contributed by atoms with Crippen molar-refractivity contribution in [1.82, 2.24) is 5.32 Å². The fraction of sp³-hybridized carbons (Fsp3) is 0.182. The molecule has 1 aromatic rings. The number of nitrogens with one attached hydrogen (secondary N) is 1. The summed E-state index contributed by atoms with van der Waals surface area (Å²) < 4.78 is 4.88. The molecule has 0 aliphatic carbocycles. The molecule has 0 aromatic heterocycles. The predicted molar refractivity (Wildman–Crippen MR) is 56.4 cm³/mol. The summed E-state index contributed by atoms with van der Waals surface area (Å²) in [4.78, 5) is 11.0. The van der Waals surface area contributed by atoms with Crippen LogP contribution < -0.4 is 5.32 Å². The van der Waals surface area contributed by atoms with Crippen LogP contribution in [0.5, 0.6) is 0 Å². The van der Waals surface area contributed by atoms with Crippen molar-refractivity contribution < 1.29 is 14.6 Å². The minimum Gasteiger partial charge on any atom is -0.511 e. The number of aliphatic hydroxyl groups is 1. The Kier molecular flexibility index (Phi) is 4.22. The fourth-order valence-corrected chi connectivity index (χ4v) is 0.948. The lowest BCUT2D eigenvalue weighted by molar-refractivity contribution is 0.139. The lowest BCUT2D eigenvalue weighted by Crippen LogP contribution is -2.25. The van der Waals surface area contributed by atoms with Crippen molar-refractivity contribution in [3.63, 3.8) is 0 Å². The van der Waals surface area contributed by atoms with E-state index in [0.717, 1.165) is 5.56 Å². The summed E-state index contributed by atoms with van der Waals surface area (Å²) in [5.41, 5.74) is 0.912. The van der Waals surface area contributed by atoms with Crippen LogP contribution in [0.1, 0.15) is 5.56 Å². The lowest BCUT2D eigenvalue weighted by atomic mass is 10.2. The van der Waals surface area contributed by atoms with Gasteiger partial charge in [0.15, 0.2) is 0 Å². The van der Waals surface area contributed by atoms with Gasteiger partial charge in [0, 0.05) is 0 Å². The molecule has 0 bridgehead atoms. The van der Waals surface area contributed by atoms with Crippen LogP contribution in [-0.2, 0) is 11.3 Å². The highest BCUT2D eigenvalue weighted by Crippen LogP contribution is 2.00. The van der Waals surface area contributed by atoms with E-state index in [1.807, 2.05) is 30.3 Å². The van der Waals surface area contributed by atoms with E-state index in [4.69, 9.17) is 9.84 Å². The smallest absolute Gasteiger partial charge is 0.407 e. The molecule has 0 spiro atoms. The first kappa shape index (κ1) is 11.1. The molecule has 0 saturated heterocycles. The maximum absolute atomic E-state index is 11.0. The van der Waals surface area contributed by atoms with Gasteiger partial charge in [-0.2, -0.15) is 0 Å². The van der Waals surface area contributed by atoms with Crippen LogP contribution in [-0.4, -0.2) is 17.7 Å². The molecule has 0 atom stereocenters. The highest BCUT2D eigenvalue weighted by Gasteiger charge is 2.01. The second-order valence-corrected chi connectivity index (χ2v) is 2.98. The SMILES string of the molecule is C=C(O)CNC(=O)OCc1ccccc1. The Balaban J connectivity index is 2.26. The van der Waals surface area contributed by atoms with Crippen molar-refractivity contribution in [2.45, 2.75) is 6.61 Å². The maximum Gasteiger partial charge on any atom is 0.407 e. The molecule has 0 aliphatic rings. The summed E-state index contributed by atoms with van der Waals surface area (Å²) in [6, 6.07) is 9.34. The Morgan fingerprint density at radius 3 is 2.67 bits per heavy atom. The van der Waals surface area contributed by atoms with Gasteiger partial charge in [-0.1, -0.05) is 36.9 Å². The van der Waals surface area contributed by atoms with E-state index in [2.05, 4.69) is 11.9 Å². The number of carbonyl (C=O) groups is 1. The van der Waals surface area contributed by atoms with Gasteiger partial charge in [0.2, 0.25) is 0 Å². The van der Waals surface area contributed by atoms with E-state index in [0.29, 0.717) is 0 Å². The van der Waals surface area contributed by atoms with Gasteiger partial charge >= 0.3 is 6.09 Å². The quantitative estimate of drug-likeness (QED) is 0.742. The average Bonchev–Trinajstić information content (AvgIpc) is 2.25. The topological polar surface area (TPSA) is 58.6 Å². The molecule has 15 heavy (non-hydrogen) atoms. The van der Waals surface area contributed by atoms with Gasteiger partial charge in [-0.3, -0.25) is 0 Å². The Hall–Kier alpha value is -1.97. The highest BCUT2D eigenvalue weighted by molar-refractivity contribution is 5.67. The monoisotopic (exact) mass is 207 g/mol. The zero-order valence-corrected chi connectivity index (χ0v) is 8.27. The highest BCUT2D eigenvalue weighted by atomic mass is 16.5. The Morgan fingerprint density at radius 1 is 1.40 bits per heavy atom. The third-order valence-electron chi connectivity index (χ3n) is 1.65. The van der Waals surface area contributed by atoms with Crippen LogP contribution in [0.15, 0.2) is 42.7 Å². The van der Waals surface area contributed by atoms with E-state index in [1.165, 1.54) is 0 Å². The molecule has 1 amide bonds. The number of aliphatic hydroxyl groups excluding tert-OH is 1. The molecular weight excluding hydrogens is 194 g/mol. The maximum atomic E-state index is 11.0. The average molecular weight is 207 g/mol. The van der Waals surface area contributed by atoms with Gasteiger partial charge in [0.1, 0.15) is 12.4 Å². The minimum absolute atomic E-state index is 0.00756. The molecule has 0 unspecified atom stereocenters. The van der Waals surface area contributed by atoms with Crippen molar-refractivity contribution in [2.75, 3.05) is 6.54 Å². The van der Waals surface area contributed by atoms with Crippen LogP contribution in [0.2, 0.25) is 0 Å². The molecule has 4 nitrogen and oxygen atoms in total. The van der Waals surface area contributed by atoms with Crippen LogP contribution in [0.3, 0.4) is 0 Å². The zero-order chi connectivity index (χ0) is 11.1. The number of ether oxygens (including phenoxy) is 1. The Bertz CT molecular complexity index is 335. The normalized spacial score (nSPS) is 9.33. The van der Waals surface area contributed by atoms with E-state index in [-0.39, 0.29) is 18.9 Å². The fourth-order valence-electron chi connectivity index (χ4n) is 0.948. The van der Waals surface area contributed by atoms with Crippen molar-refractivity contribution >= 4 is 6.09 Å². The number of benzene rings is 1. The second kappa shape index (κ2) is 5.70. The van der Waals surface area contributed by atoms with Gasteiger partial charge in [-0.15, -0.1) is 0 Å². The van der Waals surface area contributed by atoms with E-state index in [9.17, 15) is 4.79 Å². The van der Waals surface area contributed by atoms with E-state index >= 15 is 0 Å². The second-order valence-electron chi connectivity index (χ2n) is 2.98.